The Balaban J connectivity index is 2.30. The molecule has 2 aromatic carbocycles. The van der Waals surface area contributed by atoms with Crippen LogP contribution in [-0.4, -0.2) is 5.11 Å². The van der Waals surface area contributed by atoms with Crippen molar-refractivity contribution in [2.75, 3.05) is 5.32 Å². The number of phenols is 1. The summed E-state index contributed by atoms with van der Waals surface area (Å²) in [5.74, 6) is -1.12. The fraction of sp³-hybridized carbons (Fsp3) is 0.143. The van der Waals surface area contributed by atoms with Crippen LogP contribution >= 0.6 is 27.5 Å². The molecule has 106 valence electrons. The number of halogens is 4. The lowest BCUT2D eigenvalue weighted by Crippen LogP contribution is -2.08. The first kappa shape index (κ1) is 15.1. The Morgan fingerprint density at radius 2 is 1.90 bits per heavy atom. The summed E-state index contributed by atoms with van der Waals surface area (Å²) in [5.41, 5.74) is 1.02. The van der Waals surface area contributed by atoms with Gasteiger partial charge in [-0.2, -0.15) is 0 Å². The van der Waals surface area contributed by atoms with Gasteiger partial charge in [-0.05, 0) is 41.1 Å². The molecule has 2 nitrogen and oxygen atoms in total. The van der Waals surface area contributed by atoms with Crippen LogP contribution in [-0.2, 0) is 0 Å². The molecule has 0 fully saturated rings. The van der Waals surface area contributed by atoms with Crippen molar-refractivity contribution in [2.45, 2.75) is 13.0 Å². The quantitative estimate of drug-likeness (QED) is 0.780. The minimum atomic E-state index is -0.514. The molecule has 0 spiro atoms. The number of aromatic hydroxyl groups is 1. The number of hydrogen-bond donors (Lipinski definition) is 2. The Hall–Kier alpha value is -1.33. The Kier molecular flexibility index (Phi) is 4.50. The maximum Gasteiger partial charge on any atom is 0.126 e. The summed E-state index contributed by atoms with van der Waals surface area (Å²) in [4.78, 5) is 0. The highest BCUT2D eigenvalue weighted by Gasteiger charge is 2.15. The van der Waals surface area contributed by atoms with E-state index in [1.54, 1.807) is 6.92 Å². The molecule has 0 amide bonds. The van der Waals surface area contributed by atoms with Crippen molar-refractivity contribution in [3.8, 4) is 5.75 Å². The highest BCUT2D eigenvalue weighted by Crippen LogP contribution is 2.35. The van der Waals surface area contributed by atoms with E-state index in [4.69, 9.17) is 11.6 Å². The molecule has 0 saturated heterocycles. The van der Waals surface area contributed by atoms with Gasteiger partial charge in [0.25, 0.3) is 0 Å². The zero-order valence-corrected chi connectivity index (χ0v) is 12.8. The molecule has 2 N–H and O–H groups in total. The zero-order chi connectivity index (χ0) is 14.9. The number of nitrogens with one attached hydrogen (secondary N) is 1. The summed E-state index contributed by atoms with van der Waals surface area (Å²) in [6.45, 7) is 1.78. The van der Waals surface area contributed by atoms with Crippen molar-refractivity contribution in [2.24, 2.45) is 0 Å². The topological polar surface area (TPSA) is 32.3 Å². The minimum Gasteiger partial charge on any atom is -0.507 e. The SMILES string of the molecule is CC(Nc1c(Cl)cc(F)cc1Br)c1ccc(F)cc1O. The second kappa shape index (κ2) is 5.97. The predicted octanol–water partition coefficient (Wildman–Crippen LogP) is 5.26. The van der Waals surface area contributed by atoms with Crippen molar-refractivity contribution < 1.29 is 13.9 Å². The van der Waals surface area contributed by atoms with Crippen LogP contribution < -0.4 is 5.32 Å². The molecular formula is C14H11BrClF2NO. The van der Waals surface area contributed by atoms with Crippen LogP contribution in [0.2, 0.25) is 5.02 Å². The van der Waals surface area contributed by atoms with Gasteiger partial charge >= 0.3 is 0 Å². The summed E-state index contributed by atoms with van der Waals surface area (Å²) in [5, 5.41) is 13.0. The van der Waals surface area contributed by atoms with Gasteiger partial charge in [0, 0.05) is 16.1 Å². The van der Waals surface area contributed by atoms with Crippen LogP contribution in [0.3, 0.4) is 0 Å². The third kappa shape index (κ3) is 3.22. The van der Waals surface area contributed by atoms with E-state index in [1.165, 1.54) is 24.3 Å². The van der Waals surface area contributed by atoms with Crippen molar-refractivity contribution in [1.82, 2.24) is 0 Å². The minimum absolute atomic E-state index is 0.153. The van der Waals surface area contributed by atoms with Crippen molar-refractivity contribution in [3.05, 3.63) is 57.0 Å². The van der Waals surface area contributed by atoms with Gasteiger partial charge in [0.2, 0.25) is 0 Å². The molecule has 1 unspecified atom stereocenters. The van der Waals surface area contributed by atoms with E-state index in [2.05, 4.69) is 21.2 Å². The molecule has 0 saturated carbocycles. The average Bonchev–Trinajstić information content (AvgIpc) is 2.33. The van der Waals surface area contributed by atoms with Crippen LogP contribution in [0.25, 0.3) is 0 Å². The summed E-state index contributed by atoms with van der Waals surface area (Å²) < 4.78 is 26.6. The van der Waals surface area contributed by atoms with E-state index >= 15 is 0 Å². The molecule has 0 aliphatic carbocycles. The Labute approximate surface area is 128 Å². The number of benzene rings is 2. The van der Waals surface area contributed by atoms with E-state index in [0.717, 1.165) is 6.07 Å². The number of rotatable bonds is 3. The van der Waals surface area contributed by atoms with Crippen molar-refractivity contribution >= 4 is 33.2 Å². The summed E-state index contributed by atoms with van der Waals surface area (Å²) in [7, 11) is 0. The van der Waals surface area contributed by atoms with Crippen LogP contribution in [0.15, 0.2) is 34.8 Å². The highest BCUT2D eigenvalue weighted by atomic mass is 79.9. The van der Waals surface area contributed by atoms with Crippen LogP contribution in [0.4, 0.5) is 14.5 Å². The van der Waals surface area contributed by atoms with Crippen LogP contribution in [0.1, 0.15) is 18.5 Å². The summed E-state index contributed by atoms with van der Waals surface area (Å²) >= 11 is 9.20. The second-order valence-electron chi connectivity index (χ2n) is 4.31. The van der Waals surface area contributed by atoms with Gasteiger partial charge in [0.05, 0.1) is 16.8 Å². The fourth-order valence-corrected chi connectivity index (χ4v) is 2.78. The van der Waals surface area contributed by atoms with E-state index in [1.807, 2.05) is 0 Å². The van der Waals surface area contributed by atoms with E-state index < -0.39 is 11.6 Å². The number of anilines is 1. The molecule has 2 rings (SSSR count). The van der Waals surface area contributed by atoms with Crippen molar-refractivity contribution in [1.29, 1.82) is 0 Å². The summed E-state index contributed by atoms with van der Waals surface area (Å²) in [6.07, 6.45) is 0. The monoisotopic (exact) mass is 361 g/mol. The van der Waals surface area contributed by atoms with Gasteiger partial charge in [-0.15, -0.1) is 0 Å². The van der Waals surface area contributed by atoms with E-state index in [0.29, 0.717) is 15.7 Å². The van der Waals surface area contributed by atoms with Gasteiger partial charge in [-0.3, -0.25) is 0 Å². The Morgan fingerprint density at radius 1 is 1.20 bits per heavy atom. The maximum absolute atomic E-state index is 13.2. The summed E-state index contributed by atoms with van der Waals surface area (Å²) in [6, 6.07) is 5.91. The van der Waals surface area contributed by atoms with Crippen LogP contribution in [0, 0.1) is 11.6 Å². The molecule has 0 aromatic heterocycles. The third-order valence-electron chi connectivity index (χ3n) is 2.83. The molecule has 1 atom stereocenters. The molecule has 0 aliphatic rings. The molecule has 0 bridgehead atoms. The third-order valence-corrected chi connectivity index (χ3v) is 3.75. The lowest BCUT2D eigenvalue weighted by atomic mass is 10.1. The molecule has 6 heteroatoms. The van der Waals surface area contributed by atoms with E-state index in [-0.39, 0.29) is 16.8 Å². The van der Waals surface area contributed by atoms with E-state index in [9.17, 15) is 13.9 Å². The molecule has 0 heterocycles. The average molecular weight is 363 g/mol. The molecule has 2 aromatic rings. The van der Waals surface area contributed by atoms with Gasteiger partial charge in [0.1, 0.15) is 17.4 Å². The molecular weight excluding hydrogens is 352 g/mol. The van der Waals surface area contributed by atoms with Crippen molar-refractivity contribution in [3.63, 3.8) is 0 Å². The number of phenolic OH excluding ortho intramolecular Hbond substituents is 1. The Morgan fingerprint density at radius 3 is 2.50 bits per heavy atom. The second-order valence-corrected chi connectivity index (χ2v) is 5.58. The smallest absolute Gasteiger partial charge is 0.126 e. The standard InChI is InChI=1S/C14H11BrClF2NO/c1-7(10-3-2-8(17)6-13(10)20)19-14-11(15)4-9(18)5-12(14)16/h2-7,19-20H,1H3. The molecule has 20 heavy (non-hydrogen) atoms. The first-order chi connectivity index (χ1) is 9.38. The first-order valence-corrected chi connectivity index (χ1v) is 6.95. The maximum atomic E-state index is 13.2. The fourth-order valence-electron chi connectivity index (χ4n) is 1.86. The molecule has 0 radical (unpaired) electrons. The Bertz CT molecular complexity index is 628. The normalized spacial score (nSPS) is 12.2. The largest absolute Gasteiger partial charge is 0.507 e. The van der Waals surface area contributed by atoms with Gasteiger partial charge < -0.3 is 10.4 Å². The van der Waals surface area contributed by atoms with Crippen LogP contribution in [0.5, 0.6) is 5.75 Å². The lowest BCUT2D eigenvalue weighted by Gasteiger charge is -2.19. The molecule has 0 aliphatic heterocycles. The zero-order valence-electron chi connectivity index (χ0n) is 10.4. The lowest BCUT2D eigenvalue weighted by molar-refractivity contribution is 0.459. The van der Waals surface area contributed by atoms with Gasteiger partial charge in [0.15, 0.2) is 0 Å². The predicted molar refractivity (Wildman–Crippen MR) is 79.2 cm³/mol. The highest BCUT2D eigenvalue weighted by molar-refractivity contribution is 9.10. The number of hydrogen-bond acceptors (Lipinski definition) is 2. The van der Waals surface area contributed by atoms with Gasteiger partial charge in [-0.1, -0.05) is 17.7 Å². The van der Waals surface area contributed by atoms with Gasteiger partial charge in [-0.25, -0.2) is 8.78 Å². The first-order valence-electron chi connectivity index (χ1n) is 5.78.